The standard InChI is InChI=1S/C13H14Cl2N2O3/c14-12-2-1-11(5-13(12)15)19-8-10(18)7-16-6-9-3-4-20-17-9/h1-5,10,16,18H,6-8H2. The molecule has 0 spiro atoms. The molecule has 1 unspecified atom stereocenters. The van der Waals surface area contributed by atoms with Crippen molar-refractivity contribution < 1.29 is 14.4 Å². The number of nitrogens with one attached hydrogen (secondary N) is 1. The number of hydrogen-bond acceptors (Lipinski definition) is 5. The maximum Gasteiger partial charge on any atom is 0.124 e. The zero-order valence-corrected chi connectivity index (χ0v) is 12.1. The van der Waals surface area contributed by atoms with Crippen molar-refractivity contribution in [1.29, 1.82) is 0 Å². The van der Waals surface area contributed by atoms with Gasteiger partial charge in [0.15, 0.2) is 0 Å². The number of nitrogens with zero attached hydrogens (tertiary/aromatic N) is 1. The van der Waals surface area contributed by atoms with Gasteiger partial charge in [-0.25, -0.2) is 0 Å². The van der Waals surface area contributed by atoms with Crippen molar-refractivity contribution in [2.45, 2.75) is 12.6 Å². The number of ether oxygens (including phenoxy) is 1. The first-order chi connectivity index (χ1) is 9.65. The van der Waals surface area contributed by atoms with Gasteiger partial charge < -0.3 is 19.7 Å². The molecule has 0 saturated carbocycles. The summed E-state index contributed by atoms with van der Waals surface area (Å²) in [6.07, 6.45) is 0.859. The van der Waals surface area contributed by atoms with Gasteiger partial charge in [0, 0.05) is 25.2 Å². The minimum absolute atomic E-state index is 0.157. The largest absolute Gasteiger partial charge is 0.491 e. The van der Waals surface area contributed by atoms with Crippen LogP contribution in [0.25, 0.3) is 0 Å². The minimum atomic E-state index is -0.642. The summed E-state index contributed by atoms with van der Waals surface area (Å²) in [6.45, 7) is 1.07. The fraction of sp³-hybridized carbons (Fsp3) is 0.308. The molecule has 0 fully saturated rings. The number of aliphatic hydroxyl groups is 1. The molecule has 0 aliphatic rings. The first-order valence-electron chi connectivity index (χ1n) is 6.01. The van der Waals surface area contributed by atoms with E-state index in [0.29, 0.717) is 28.9 Å². The third-order valence-corrected chi connectivity index (χ3v) is 3.25. The van der Waals surface area contributed by atoms with Crippen LogP contribution in [0, 0.1) is 0 Å². The van der Waals surface area contributed by atoms with E-state index in [1.54, 1.807) is 24.3 Å². The highest BCUT2D eigenvalue weighted by atomic mass is 35.5. The molecule has 1 heterocycles. The Morgan fingerprint density at radius 3 is 2.85 bits per heavy atom. The third kappa shape index (κ3) is 4.68. The lowest BCUT2D eigenvalue weighted by Crippen LogP contribution is -2.31. The molecular formula is C13H14Cl2N2O3. The van der Waals surface area contributed by atoms with Crippen molar-refractivity contribution in [2.24, 2.45) is 0 Å². The highest BCUT2D eigenvalue weighted by molar-refractivity contribution is 6.42. The van der Waals surface area contributed by atoms with Crippen LogP contribution in [0.4, 0.5) is 0 Å². The van der Waals surface area contributed by atoms with Gasteiger partial charge in [-0.15, -0.1) is 0 Å². The van der Waals surface area contributed by atoms with Crippen LogP contribution >= 0.6 is 23.2 Å². The normalized spacial score (nSPS) is 12.3. The SMILES string of the molecule is OC(CNCc1ccon1)COc1ccc(Cl)c(Cl)c1. The molecule has 7 heteroatoms. The summed E-state index contributed by atoms with van der Waals surface area (Å²) in [5, 5.41) is 17.5. The lowest BCUT2D eigenvalue weighted by atomic mass is 10.3. The second kappa shape index (κ2) is 7.50. The van der Waals surface area contributed by atoms with Gasteiger partial charge in [0.05, 0.1) is 15.7 Å². The van der Waals surface area contributed by atoms with Crippen LogP contribution in [0.5, 0.6) is 5.75 Å². The number of rotatable bonds is 7. The monoisotopic (exact) mass is 316 g/mol. The molecule has 0 saturated heterocycles. The van der Waals surface area contributed by atoms with Crippen LogP contribution in [0.2, 0.25) is 10.0 Å². The van der Waals surface area contributed by atoms with Crippen molar-refractivity contribution in [3.05, 3.63) is 46.3 Å². The average Bonchev–Trinajstić information content (AvgIpc) is 2.93. The van der Waals surface area contributed by atoms with E-state index in [4.69, 9.17) is 32.5 Å². The third-order valence-electron chi connectivity index (χ3n) is 2.51. The second-order valence-corrected chi connectivity index (χ2v) is 4.98. The summed E-state index contributed by atoms with van der Waals surface area (Å²) in [7, 11) is 0. The molecule has 20 heavy (non-hydrogen) atoms. The Labute approximate surface area is 126 Å². The average molecular weight is 317 g/mol. The maximum absolute atomic E-state index is 9.77. The molecule has 0 radical (unpaired) electrons. The van der Waals surface area contributed by atoms with Gasteiger partial charge in [0.1, 0.15) is 24.7 Å². The quantitative estimate of drug-likeness (QED) is 0.821. The Bertz CT molecular complexity index is 534. The molecule has 1 atom stereocenters. The van der Waals surface area contributed by atoms with Crippen LogP contribution in [0.15, 0.2) is 35.1 Å². The van der Waals surface area contributed by atoms with Crippen LogP contribution in [-0.4, -0.2) is 29.5 Å². The lowest BCUT2D eigenvalue weighted by molar-refractivity contribution is 0.106. The molecule has 5 nitrogen and oxygen atoms in total. The van der Waals surface area contributed by atoms with Crippen LogP contribution in [-0.2, 0) is 6.54 Å². The van der Waals surface area contributed by atoms with E-state index in [1.165, 1.54) is 6.26 Å². The highest BCUT2D eigenvalue weighted by Crippen LogP contribution is 2.26. The van der Waals surface area contributed by atoms with Crippen molar-refractivity contribution in [3.8, 4) is 5.75 Å². The van der Waals surface area contributed by atoms with Crippen molar-refractivity contribution >= 4 is 23.2 Å². The molecule has 1 aromatic heterocycles. The smallest absolute Gasteiger partial charge is 0.124 e. The second-order valence-electron chi connectivity index (χ2n) is 4.16. The zero-order chi connectivity index (χ0) is 14.4. The Balaban J connectivity index is 1.69. The fourth-order valence-corrected chi connectivity index (χ4v) is 1.80. The Kier molecular flexibility index (Phi) is 5.67. The topological polar surface area (TPSA) is 67.5 Å². The van der Waals surface area contributed by atoms with E-state index >= 15 is 0 Å². The molecule has 2 N–H and O–H groups in total. The van der Waals surface area contributed by atoms with E-state index < -0.39 is 6.10 Å². The van der Waals surface area contributed by atoms with Crippen LogP contribution < -0.4 is 10.1 Å². The summed E-state index contributed by atoms with van der Waals surface area (Å²) in [5.41, 5.74) is 0.780. The van der Waals surface area contributed by atoms with Gasteiger partial charge in [0.2, 0.25) is 0 Å². The molecule has 2 rings (SSSR count). The van der Waals surface area contributed by atoms with Crippen LogP contribution in [0.1, 0.15) is 5.69 Å². The van der Waals surface area contributed by atoms with Crippen molar-refractivity contribution in [2.75, 3.05) is 13.2 Å². The van der Waals surface area contributed by atoms with E-state index in [9.17, 15) is 5.11 Å². The van der Waals surface area contributed by atoms with Gasteiger partial charge in [-0.3, -0.25) is 0 Å². The van der Waals surface area contributed by atoms with Gasteiger partial charge in [-0.1, -0.05) is 28.4 Å². The van der Waals surface area contributed by atoms with Gasteiger partial charge in [-0.05, 0) is 12.1 Å². The summed E-state index contributed by atoms with van der Waals surface area (Å²) in [4.78, 5) is 0. The van der Waals surface area contributed by atoms with Crippen molar-refractivity contribution in [1.82, 2.24) is 10.5 Å². The summed E-state index contributed by atoms with van der Waals surface area (Å²) < 4.78 is 10.1. The zero-order valence-electron chi connectivity index (χ0n) is 10.6. The fourth-order valence-electron chi connectivity index (χ4n) is 1.51. The van der Waals surface area contributed by atoms with Gasteiger partial charge >= 0.3 is 0 Å². The lowest BCUT2D eigenvalue weighted by Gasteiger charge is -2.13. The van der Waals surface area contributed by atoms with Crippen LogP contribution in [0.3, 0.4) is 0 Å². The predicted molar refractivity (Wildman–Crippen MR) is 76.2 cm³/mol. The number of benzene rings is 1. The molecule has 0 bridgehead atoms. The molecule has 0 aliphatic carbocycles. The number of aliphatic hydroxyl groups excluding tert-OH is 1. The first kappa shape index (κ1) is 15.1. The number of hydrogen-bond donors (Lipinski definition) is 2. The summed E-state index contributed by atoms with van der Waals surface area (Å²) in [6, 6.07) is 6.71. The first-order valence-corrected chi connectivity index (χ1v) is 6.76. The minimum Gasteiger partial charge on any atom is -0.491 e. The van der Waals surface area contributed by atoms with Crippen molar-refractivity contribution in [3.63, 3.8) is 0 Å². The van der Waals surface area contributed by atoms with Gasteiger partial charge in [0.25, 0.3) is 0 Å². The predicted octanol–water partition coefficient (Wildman–Crippen LogP) is 2.51. The van der Waals surface area contributed by atoms with E-state index in [-0.39, 0.29) is 6.61 Å². The summed E-state index contributed by atoms with van der Waals surface area (Å²) in [5.74, 6) is 0.565. The van der Waals surface area contributed by atoms with Gasteiger partial charge in [-0.2, -0.15) is 0 Å². The molecular weight excluding hydrogens is 303 g/mol. The molecule has 108 valence electrons. The number of halogens is 2. The summed E-state index contributed by atoms with van der Waals surface area (Å²) >= 11 is 11.7. The Hall–Kier alpha value is -1.27. The Morgan fingerprint density at radius 2 is 2.15 bits per heavy atom. The molecule has 1 aromatic carbocycles. The Morgan fingerprint density at radius 1 is 1.30 bits per heavy atom. The number of aromatic nitrogens is 1. The molecule has 0 amide bonds. The van der Waals surface area contributed by atoms with E-state index in [2.05, 4.69) is 10.5 Å². The highest BCUT2D eigenvalue weighted by Gasteiger charge is 2.07. The van der Waals surface area contributed by atoms with E-state index in [1.807, 2.05) is 0 Å². The van der Waals surface area contributed by atoms with E-state index in [0.717, 1.165) is 5.69 Å². The molecule has 0 aliphatic heterocycles. The molecule has 2 aromatic rings. The maximum atomic E-state index is 9.77.